The Hall–Kier alpha value is -4.92. The van der Waals surface area contributed by atoms with Gasteiger partial charge in [0.15, 0.2) is 10.9 Å². The topological polar surface area (TPSA) is 111 Å². The van der Waals surface area contributed by atoms with Gasteiger partial charge in [-0.25, -0.2) is 0 Å². The Bertz CT molecular complexity index is 2310. The zero-order chi connectivity index (χ0) is 33.4. The van der Waals surface area contributed by atoms with E-state index in [4.69, 9.17) is 32.7 Å². The minimum Gasteiger partial charge on any atom is -0.494 e. The summed E-state index contributed by atoms with van der Waals surface area (Å²) in [4.78, 5) is 50.9. The van der Waals surface area contributed by atoms with Gasteiger partial charge in [-0.05, 0) is 81.6 Å². The molecule has 0 fully saturated rings. The van der Waals surface area contributed by atoms with Crippen molar-refractivity contribution in [3.8, 4) is 11.5 Å². The Balaban J connectivity index is 1.34. The minimum absolute atomic E-state index is 0.0869. The van der Waals surface area contributed by atoms with E-state index in [1.807, 2.05) is 60.7 Å². The zero-order valence-corrected chi connectivity index (χ0v) is 27.3. The Labute approximate surface area is 284 Å². The highest BCUT2D eigenvalue weighted by molar-refractivity contribution is 6.41. The second kappa shape index (κ2) is 13.3. The molecule has 0 aliphatic carbocycles. The lowest BCUT2D eigenvalue weighted by Crippen LogP contribution is -2.26. The van der Waals surface area contributed by atoms with Gasteiger partial charge in [0.1, 0.15) is 23.3 Å². The molecule has 0 atom stereocenters. The van der Waals surface area contributed by atoms with Crippen LogP contribution in [0.2, 0.25) is 0 Å². The summed E-state index contributed by atoms with van der Waals surface area (Å²) in [6.45, 7) is 1.60. The summed E-state index contributed by atoms with van der Waals surface area (Å²) >= 11 is 11.1. The van der Waals surface area contributed by atoms with Gasteiger partial charge in [0.2, 0.25) is 11.8 Å². The third-order valence-electron chi connectivity index (χ3n) is 8.73. The van der Waals surface area contributed by atoms with Crippen LogP contribution >= 0.6 is 23.2 Å². The molecule has 0 aromatic heterocycles. The molecule has 2 amide bonds. The maximum atomic E-state index is 14.1. The number of benzene rings is 7. The Morgan fingerprint density at radius 3 is 1.33 bits per heavy atom. The van der Waals surface area contributed by atoms with E-state index < -0.39 is 0 Å². The van der Waals surface area contributed by atoms with Crippen LogP contribution in [0.25, 0.3) is 64.6 Å². The van der Waals surface area contributed by atoms with E-state index >= 15 is 0 Å². The van der Waals surface area contributed by atoms with Crippen molar-refractivity contribution in [1.29, 1.82) is 0 Å². The molecular weight excluding hydrogens is 651 g/mol. The average molecular weight is 682 g/mol. The lowest BCUT2D eigenvalue weighted by Gasteiger charge is -2.18. The Morgan fingerprint density at radius 2 is 0.917 bits per heavy atom. The van der Waals surface area contributed by atoms with Crippen LogP contribution in [0.4, 0.5) is 0 Å². The van der Waals surface area contributed by atoms with Gasteiger partial charge in [0.05, 0.1) is 13.2 Å². The first-order valence-electron chi connectivity index (χ1n) is 15.7. The van der Waals surface area contributed by atoms with Gasteiger partial charge in [-0.3, -0.25) is 19.2 Å². The largest absolute Gasteiger partial charge is 0.494 e. The molecule has 0 saturated carbocycles. The smallest absolute Gasteiger partial charge is 0.234 e. The van der Waals surface area contributed by atoms with E-state index in [9.17, 15) is 19.2 Å². The number of hydrogen-bond acceptors (Lipinski definition) is 6. The molecule has 0 unspecified atom stereocenters. The van der Waals surface area contributed by atoms with Crippen molar-refractivity contribution in [2.24, 2.45) is 0 Å². The molecule has 0 heterocycles. The van der Waals surface area contributed by atoms with Gasteiger partial charge in [0.25, 0.3) is 0 Å². The molecule has 2 N–H and O–H groups in total. The monoisotopic (exact) mass is 680 g/mol. The van der Waals surface area contributed by atoms with Crippen molar-refractivity contribution in [2.45, 2.75) is 12.8 Å². The van der Waals surface area contributed by atoms with Crippen molar-refractivity contribution in [2.75, 3.05) is 38.1 Å². The quantitative estimate of drug-likeness (QED) is 0.0664. The normalized spacial score (nSPS) is 11.7. The van der Waals surface area contributed by atoms with E-state index in [0.717, 1.165) is 43.1 Å². The number of rotatable bonds is 12. The fourth-order valence-corrected chi connectivity index (χ4v) is 6.86. The number of alkyl halides is 2. The highest BCUT2D eigenvalue weighted by Gasteiger charge is 2.21. The number of halogens is 2. The fourth-order valence-electron chi connectivity index (χ4n) is 6.67. The molecule has 0 bridgehead atoms. The lowest BCUT2D eigenvalue weighted by molar-refractivity contribution is -0.119. The molecule has 0 saturated heterocycles. The van der Waals surface area contributed by atoms with Gasteiger partial charge < -0.3 is 20.1 Å². The van der Waals surface area contributed by atoms with Crippen LogP contribution in [0.3, 0.4) is 0 Å². The zero-order valence-electron chi connectivity index (χ0n) is 25.8. The van der Waals surface area contributed by atoms with Crippen molar-refractivity contribution in [1.82, 2.24) is 10.6 Å². The van der Waals surface area contributed by atoms with E-state index in [0.29, 0.717) is 72.2 Å². The molecule has 8 nitrogen and oxygen atoms in total. The van der Waals surface area contributed by atoms with Crippen molar-refractivity contribution < 1.29 is 19.1 Å². The van der Waals surface area contributed by atoms with Crippen LogP contribution in [0.5, 0.6) is 11.5 Å². The van der Waals surface area contributed by atoms with Crippen LogP contribution in [0.1, 0.15) is 12.8 Å². The summed E-state index contributed by atoms with van der Waals surface area (Å²) in [7, 11) is 0. The van der Waals surface area contributed by atoms with Crippen molar-refractivity contribution in [3.63, 3.8) is 0 Å². The second-order valence-electron chi connectivity index (χ2n) is 11.7. The van der Waals surface area contributed by atoms with Gasteiger partial charge in [-0.2, -0.15) is 0 Å². The van der Waals surface area contributed by atoms with Gasteiger partial charge in [-0.15, -0.1) is 23.2 Å². The highest BCUT2D eigenvalue weighted by atomic mass is 35.5. The van der Waals surface area contributed by atoms with E-state index in [1.54, 1.807) is 12.1 Å². The molecule has 242 valence electrons. The van der Waals surface area contributed by atoms with E-state index in [1.165, 1.54) is 0 Å². The van der Waals surface area contributed by atoms with Crippen molar-refractivity contribution >= 4 is 99.7 Å². The standard InChI is InChI=1S/C38H30Cl2N2O6/c39-19-31(43)41-13-3-15-47-21-10-12-24-29(17-21)37(45)27-7-1-5-25-33-23-11-9-22(48-16-4-14-42-32(44)20-40)18-30(23)38(46)28-8-2-6-26(36(28)33)34(24)35(25)27/h1-2,5-12,17-18H,3-4,13-16,19-20H2,(H,41,43)(H,42,44). The number of amides is 2. The predicted octanol–water partition coefficient (Wildman–Crippen LogP) is 6.45. The summed E-state index contributed by atoms with van der Waals surface area (Å²) in [6.07, 6.45) is 1.17. The third kappa shape index (κ3) is 5.55. The van der Waals surface area contributed by atoms with Crippen LogP contribution in [0, 0.1) is 0 Å². The molecule has 0 radical (unpaired) electrons. The van der Waals surface area contributed by atoms with Crippen LogP contribution in [-0.2, 0) is 9.59 Å². The maximum Gasteiger partial charge on any atom is 0.234 e. The highest BCUT2D eigenvalue weighted by Crippen LogP contribution is 2.44. The lowest BCUT2D eigenvalue weighted by atomic mass is 9.85. The molecule has 7 aromatic rings. The molecule has 0 aliphatic rings. The number of hydrogen-bond donors (Lipinski definition) is 2. The van der Waals surface area contributed by atoms with Gasteiger partial charge in [0, 0.05) is 45.4 Å². The second-order valence-corrected chi connectivity index (χ2v) is 12.2. The molecular formula is C38H30Cl2N2O6. The number of nitrogens with one attached hydrogen (secondary N) is 2. The first-order valence-corrected chi connectivity index (χ1v) is 16.8. The molecule has 48 heavy (non-hydrogen) atoms. The summed E-state index contributed by atoms with van der Waals surface area (Å²) in [5.74, 6) is 0.485. The SMILES string of the molecule is O=C(CCl)NCCCOc1ccc2c(c1)c(=O)c1cccc3c1c2c1cccc2c(=O)c4cc(OCCCNC(=O)CCl)ccc4c3c21. The first kappa shape index (κ1) is 31.7. The Morgan fingerprint density at radius 1 is 0.521 bits per heavy atom. The number of ether oxygens (including phenoxy) is 2. The van der Waals surface area contributed by atoms with Crippen LogP contribution < -0.4 is 31.0 Å². The molecule has 10 heteroatoms. The van der Waals surface area contributed by atoms with E-state index in [-0.39, 0.29) is 34.4 Å². The van der Waals surface area contributed by atoms with Gasteiger partial charge >= 0.3 is 0 Å². The van der Waals surface area contributed by atoms with Crippen LogP contribution in [-0.4, -0.2) is 49.9 Å². The summed E-state index contributed by atoms with van der Waals surface area (Å²) in [6, 6.07) is 22.6. The van der Waals surface area contributed by atoms with E-state index in [2.05, 4.69) is 10.6 Å². The Kier molecular flexibility index (Phi) is 8.77. The summed E-state index contributed by atoms with van der Waals surface area (Å²) < 4.78 is 11.9. The number of carbonyl (C=O) groups is 2. The predicted molar refractivity (Wildman–Crippen MR) is 194 cm³/mol. The molecule has 0 aliphatic heterocycles. The summed E-state index contributed by atoms with van der Waals surface area (Å²) in [5.41, 5.74) is -0.188. The fraction of sp³-hybridized carbons (Fsp3) is 0.211. The van der Waals surface area contributed by atoms with Crippen molar-refractivity contribution in [3.05, 3.63) is 93.2 Å². The number of fused-ring (bicyclic) bond motifs is 6. The van der Waals surface area contributed by atoms with Gasteiger partial charge in [-0.1, -0.05) is 36.4 Å². The van der Waals surface area contributed by atoms with Crippen LogP contribution in [0.15, 0.2) is 82.4 Å². The average Bonchev–Trinajstić information content (AvgIpc) is 3.11. The summed E-state index contributed by atoms with van der Waals surface area (Å²) in [5, 5.41) is 14.6. The third-order valence-corrected chi connectivity index (χ3v) is 9.22. The maximum absolute atomic E-state index is 14.1. The first-order chi connectivity index (χ1) is 23.4. The molecule has 0 spiro atoms. The minimum atomic E-state index is -0.232. The molecule has 7 aromatic carbocycles. The number of carbonyl (C=O) groups excluding carboxylic acids is 2. The molecule has 7 rings (SSSR count).